The molecule has 2 heterocycles. The molecular formula is C20H28N4O5S. The molecule has 4 rings (SSSR count). The summed E-state index contributed by atoms with van der Waals surface area (Å²) in [6, 6.07) is 4.78. The van der Waals surface area contributed by atoms with Gasteiger partial charge >= 0.3 is 0 Å². The molecule has 30 heavy (non-hydrogen) atoms. The van der Waals surface area contributed by atoms with E-state index >= 15 is 0 Å². The number of piperazine rings is 1. The molecule has 0 bridgehead atoms. The molecule has 0 unspecified atom stereocenters. The Bertz CT molecular complexity index is 965. The van der Waals surface area contributed by atoms with Gasteiger partial charge in [-0.05, 0) is 38.8 Å². The van der Waals surface area contributed by atoms with Crippen LogP contribution in [0.4, 0.5) is 0 Å². The van der Waals surface area contributed by atoms with Gasteiger partial charge in [0, 0.05) is 38.2 Å². The van der Waals surface area contributed by atoms with Gasteiger partial charge in [0.25, 0.3) is 0 Å². The molecule has 1 aliphatic carbocycles. The summed E-state index contributed by atoms with van der Waals surface area (Å²) in [5.74, 6) is 2.85. The van der Waals surface area contributed by atoms with Gasteiger partial charge in [0.05, 0.1) is 24.7 Å². The first-order valence-electron chi connectivity index (χ1n) is 10.5. The molecule has 1 aromatic carbocycles. The summed E-state index contributed by atoms with van der Waals surface area (Å²) in [7, 11) is -3.61. The van der Waals surface area contributed by atoms with Crippen LogP contribution in [-0.2, 0) is 16.6 Å². The Morgan fingerprint density at radius 2 is 1.77 bits per heavy atom. The van der Waals surface area contributed by atoms with Gasteiger partial charge in [-0.1, -0.05) is 5.16 Å². The van der Waals surface area contributed by atoms with Gasteiger partial charge in [-0.3, -0.25) is 4.90 Å². The minimum absolute atomic E-state index is 0.217. The van der Waals surface area contributed by atoms with Crippen LogP contribution in [0.3, 0.4) is 0 Å². The first kappa shape index (κ1) is 21.1. The van der Waals surface area contributed by atoms with Crippen molar-refractivity contribution in [1.29, 1.82) is 0 Å². The number of hydrogen-bond acceptors (Lipinski definition) is 8. The second kappa shape index (κ2) is 8.91. The van der Waals surface area contributed by atoms with Crippen LogP contribution < -0.4 is 9.47 Å². The minimum atomic E-state index is -3.61. The molecule has 164 valence electrons. The van der Waals surface area contributed by atoms with Crippen molar-refractivity contribution < 1.29 is 22.4 Å². The Kier molecular flexibility index (Phi) is 6.26. The predicted octanol–water partition coefficient (Wildman–Crippen LogP) is 2.25. The third-order valence-corrected chi connectivity index (χ3v) is 7.16. The lowest BCUT2D eigenvalue weighted by atomic mass is 10.3. The van der Waals surface area contributed by atoms with Crippen molar-refractivity contribution in [1.82, 2.24) is 19.3 Å². The van der Waals surface area contributed by atoms with Crippen LogP contribution in [0.25, 0.3) is 0 Å². The standard InChI is InChI=1S/C20H28N4O5S/c1-3-27-17-8-7-16(13-18(17)28-4-2)30(25,26)24-11-9-23(10-12-24)14-19-21-20(22-29-19)15-5-6-15/h7-8,13,15H,3-6,9-12,14H2,1-2H3. The van der Waals surface area contributed by atoms with Crippen molar-refractivity contribution in [2.45, 2.75) is 44.0 Å². The van der Waals surface area contributed by atoms with Gasteiger partial charge in [0.2, 0.25) is 15.9 Å². The summed E-state index contributed by atoms with van der Waals surface area (Å²) in [6.07, 6.45) is 2.26. The Hall–Kier alpha value is -2.17. The molecule has 0 spiro atoms. The van der Waals surface area contributed by atoms with Gasteiger partial charge in [0.1, 0.15) is 0 Å². The van der Waals surface area contributed by atoms with Crippen molar-refractivity contribution in [2.75, 3.05) is 39.4 Å². The molecule has 0 amide bonds. The smallest absolute Gasteiger partial charge is 0.243 e. The maximum atomic E-state index is 13.1. The Morgan fingerprint density at radius 1 is 1.07 bits per heavy atom. The van der Waals surface area contributed by atoms with Gasteiger partial charge in [-0.2, -0.15) is 9.29 Å². The van der Waals surface area contributed by atoms with Crippen molar-refractivity contribution in [3.05, 3.63) is 29.9 Å². The fourth-order valence-corrected chi connectivity index (χ4v) is 4.94. The molecule has 0 radical (unpaired) electrons. The molecule has 9 nitrogen and oxygen atoms in total. The molecule has 2 aliphatic rings. The lowest BCUT2D eigenvalue weighted by Crippen LogP contribution is -2.48. The van der Waals surface area contributed by atoms with E-state index in [0.29, 0.717) is 69.2 Å². The van der Waals surface area contributed by atoms with E-state index in [1.54, 1.807) is 18.2 Å². The molecule has 0 atom stereocenters. The maximum Gasteiger partial charge on any atom is 0.243 e. The third-order valence-electron chi connectivity index (χ3n) is 5.27. The summed E-state index contributed by atoms with van der Waals surface area (Å²) in [6.45, 7) is 7.22. The van der Waals surface area contributed by atoms with Crippen LogP contribution in [0, 0.1) is 0 Å². The number of nitrogens with zero attached hydrogens (tertiary/aromatic N) is 4. The van der Waals surface area contributed by atoms with E-state index in [1.165, 1.54) is 4.31 Å². The maximum absolute atomic E-state index is 13.1. The van der Waals surface area contributed by atoms with E-state index in [2.05, 4.69) is 15.0 Å². The second-order valence-electron chi connectivity index (χ2n) is 7.48. The van der Waals surface area contributed by atoms with Crippen LogP contribution in [0.5, 0.6) is 11.5 Å². The van der Waals surface area contributed by atoms with Crippen LogP contribution in [-0.4, -0.2) is 67.2 Å². The first-order chi connectivity index (χ1) is 14.5. The largest absolute Gasteiger partial charge is 0.490 e. The fourth-order valence-electron chi connectivity index (χ4n) is 3.50. The summed E-state index contributed by atoms with van der Waals surface area (Å²) in [5.41, 5.74) is 0. The number of rotatable bonds is 9. The van der Waals surface area contributed by atoms with Crippen molar-refractivity contribution in [2.24, 2.45) is 0 Å². The van der Waals surface area contributed by atoms with Gasteiger partial charge in [0.15, 0.2) is 17.3 Å². The van der Waals surface area contributed by atoms with Gasteiger partial charge in [-0.25, -0.2) is 8.42 Å². The molecule has 10 heteroatoms. The third kappa shape index (κ3) is 4.60. The zero-order valence-electron chi connectivity index (χ0n) is 17.4. The van der Waals surface area contributed by atoms with Crippen LogP contribution in [0.2, 0.25) is 0 Å². The van der Waals surface area contributed by atoms with Gasteiger partial charge in [-0.15, -0.1) is 0 Å². The van der Waals surface area contributed by atoms with Crippen molar-refractivity contribution >= 4 is 10.0 Å². The molecule has 1 saturated heterocycles. The zero-order valence-corrected chi connectivity index (χ0v) is 18.2. The lowest BCUT2D eigenvalue weighted by molar-refractivity contribution is 0.163. The number of aromatic nitrogens is 2. The highest BCUT2D eigenvalue weighted by Gasteiger charge is 2.31. The molecule has 1 aromatic heterocycles. The van der Waals surface area contributed by atoms with E-state index < -0.39 is 10.0 Å². The monoisotopic (exact) mass is 436 g/mol. The summed E-state index contributed by atoms with van der Waals surface area (Å²) in [5, 5.41) is 4.04. The van der Waals surface area contributed by atoms with E-state index in [0.717, 1.165) is 18.7 Å². The number of benzene rings is 1. The quantitative estimate of drug-likeness (QED) is 0.590. The SMILES string of the molecule is CCOc1ccc(S(=O)(=O)N2CCN(Cc3nc(C4CC4)no3)CC2)cc1OCC. The van der Waals surface area contributed by atoms with Crippen molar-refractivity contribution in [3.8, 4) is 11.5 Å². The Balaban J connectivity index is 1.39. The van der Waals surface area contributed by atoms with Crippen LogP contribution >= 0.6 is 0 Å². The molecule has 2 fully saturated rings. The highest BCUT2D eigenvalue weighted by molar-refractivity contribution is 7.89. The topological polar surface area (TPSA) is 98.0 Å². The van der Waals surface area contributed by atoms with Gasteiger partial charge < -0.3 is 14.0 Å². The number of sulfonamides is 1. The summed E-state index contributed by atoms with van der Waals surface area (Å²) >= 11 is 0. The average Bonchev–Trinajstić information content (AvgIpc) is 3.49. The number of ether oxygens (including phenoxy) is 2. The van der Waals surface area contributed by atoms with E-state index in [-0.39, 0.29) is 4.90 Å². The lowest BCUT2D eigenvalue weighted by Gasteiger charge is -2.33. The van der Waals surface area contributed by atoms with Crippen LogP contribution in [0.1, 0.15) is 44.3 Å². The summed E-state index contributed by atoms with van der Waals surface area (Å²) in [4.78, 5) is 6.81. The van der Waals surface area contributed by atoms with Crippen molar-refractivity contribution in [3.63, 3.8) is 0 Å². The predicted molar refractivity (Wildman–Crippen MR) is 109 cm³/mol. The van der Waals surface area contributed by atoms with Crippen LogP contribution in [0.15, 0.2) is 27.6 Å². The zero-order chi connectivity index (χ0) is 21.1. The molecule has 0 N–H and O–H groups in total. The number of hydrogen-bond donors (Lipinski definition) is 0. The second-order valence-corrected chi connectivity index (χ2v) is 9.41. The summed E-state index contributed by atoms with van der Waals surface area (Å²) < 4.78 is 44.2. The van der Waals surface area contributed by atoms with E-state index in [9.17, 15) is 8.42 Å². The minimum Gasteiger partial charge on any atom is -0.490 e. The molecule has 1 aliphatic heterocycles. The van der Waals surface area contributed by atoms with E-state index in [4.69, 9.17) is 14.0 Å². The normalized spacial score (nSPS) is 18.5. The molecule has 2 aromatic rings. The average molecular weight is 437 g/mol. The Labute approximate surface area is 177 Å². The first-order valence-corrected chi connectivity index (χ1v) is 11.9. The highest BCUT2D eigenvalue weighted by atomic mass is 32.2. The molecule has 1 saturated carbocycles. The van der Waals surface area contributed by atoms with E-state index in [1.807, 2.05) is 13.8 Å². The fraction of sp³-hybridized carbons (Fsp3) is 0.600. The highest BCUT2D eigenvalue weighted by Crippen LogP contribution is 2.38. The molecular weight excluding hydrogens is 408 g/mol. The Morgan fingerprint density at radius 3 is 2.43 bits per heavy atom.